The summed E-state index contributed by atoms with van der Waals surface area (Å²) in [6.07, 6.45) is 5.11. The van der Waals surface area contributed by atoms with Gasteiger partial charge in [0.2, 0.25) is 0 Å². The molecule has 0 aliphatic heterocycles. The van der Waals surface area contributed by atoms with Crippen molar-refractivity contribution >= 4 is 11.8 Å². The third kappa shape index (κ3) is 4.39. The maximum absolute atomic E-state index is 3.59. The molecule has 1 rings (SSSR count). The number of thioether (sulfide) groups is 1. The van der Waals surface area contributed by atoms with Crippen LogP contribution in [-0.4, -0.2) is 23.6 Å². The van der Waals surface area contributed by atoms with Gasteiger partial charge in [0, 0.05) is 24.3 Å². The predicted molar refractivity (Wildman–Crippen MR) is 65.6 cm³/mol. The van der Waals surface area contributed by atoms with E-state index in [9.17, 15) is 0 Å². The molecule has 0 saturated heterocycles. The highest BCUT2D eigenvalue weighted by Gasteiger charge is 2.23. The third-order valence-corrected chi connectivity index (χ3v) is 3.88. The molecule has 0 aromatic rings. The number of nitrogens with one attached hydrogen (secondary N) is 1. The van der Waals surface area contributed by atoms with E-state index in [1.54, 1.807) is 0 Å². The fourth-order valence-corrected chi connectivity index (χ4v) is 3.12. The van der Waals surface area contributed by atoms with Crippen LogP contribution in [-0.2, 0) is 0 Å². The van der Waals surface area contributed by atoms with Crippen LogP contribution in [0.15, 0.2) is 0 Å². The molecule has 0 aromatic carbocycles. The predicted octanol–water partition coefficient (Wildman–Crippen LogP) is 2.66. The maximum atomic E-state index is 3.59. The summed E-state index contributed by atoms with van der Waals surface area (Å²) in [5, 5.41) is 4.50. The van der Waals surface area contributed by atoms with Gasteiger partial charge in [0.05, 0.1) is 0 Å². The quantitative estimate of drug-likeness (QED) is 0.554. The lowest BCUT2D eigenvalue weighted by molar-refractivity contribution is 0.533. The van der Waals surface area contributed by atoms with Gasteiger partial charge in [0.1, 0.15) is 0 Å². The van der Waals surface area contributed by atoms with Gasteiger partial charge in [-0.3, -0.25) is 0 Å². The lowest BCUT2D eigenvalue weighted by atomic mass is 10.2. The van der Waals surface area contributed by atoms with Crippen LogP contribution in [0.25, 0.3) is 0 Å². The topological polar surface area (TPSA) is 12.0 Å². The summed E-state index contributed by atoms with van der Waals surface area (Å²) in [7, 11) is 0. The second-order valence-corrected chi connectivity index (χ2v) is 5.30. The van der Waals surface area contributed by atoms with Crippen molar-refractivity contribution in [1.29, 1.82) is 0 Å². The molecule has 1 aliphatic carbocycles. The zero-order chi connectivity index (χ0) is 10.2. The van der Waals surface area contributed by atoms with Crippen LogP contribution in [0.2, 0.25) is 0 Å². The highest BCUT2D eigenvalue weighted by molar-refractivity contribution is 7.99. The van der Waals surface area contributed by atoms with Gasteiger partial charge >= 0.3 is 0 Å². The molecule has 0 heterocycles. The van der Waals surface area contributed by atoms with Crippen molar-refractivity contribution in [1.82, 2.24) is 5.32 Å². The molecular formula is C12H21NS. The Morgan fingerprint density at radius 3 is 3.00 bits per heavy atom. The summed E-state index contributed by atoms with van der Waals surface area (Å²) in [6.45, 7) is 5.22. The molecule has 2 heteroatoms. The highest BCUT2D eigenvalue weighted by atomic mass is 32.2. The summed E-state index contributed by atoms with van der Waals surface area (Å²) < 4.78 is 0. The smallest absolute Gasteiger partial charge is 0.0214 e. The molecule has 0 radical (unpaired) electrons. The lowest BCUT2D eigenvalue weighted by Crippen LogP contribution is -2.27. The Morgan fingerprint density at radius 2 is 2.29 bits per heavy atom. The van der Waals surface area contributed by atoms with Crippen molar-refractivity contribution in [2.45, 2.75) is 50.8 Å². The molecule has 0 bridgehead atoms. The molecule has 2 unspecified atom stereocenters. The summed E-state index contributed by atoms with van der Waals surface area (Å²) in [4.78, 5) is 0. The van der Waals surface area contributed by atoms with Crippen LogP contribution in [0.3, 0.4) is 0 Å². The zero-order valence-corrected chi connectivity index (χ0v) is 10.1. The molecule has 1 N–H and O–H groups in total. The van der Waals surface area contributed by atoms with Crippen LogP contribution in [0.5, 0.6) is 0 Å². The Hall–Kier alpha value is -0.130. The Morgan fingerprint density at radius 1 is 1.43 bits per heavy atom. The van der Waals surface area contributed by atoms with Gasteiger partial charge in [0.15, 0.2) is 0 Å². The fourth-order valence-electron chi connectivity index (χ4n) is 1.98. The molecule has 80 valence electrons. The molecule has 0 aromatic heterocycles. The molecule has 0 spiro atoms. The van der Waals surface area contributed by atoms with Gasteiger partial charge in [0.25, 0.3) is 0 Å². The Bertz CT molecular complexity index is 204. The first-order valence-electron chi connectivity index (χ1n) is 5.61. The maximum Gasteiger partial charge on any atom is 0.0214 e. The van der Waals surface area contributed by atoms with Gasteiger partial charge in [-0.15, -0.1) is 11.8 Å². The Labute approximate surface area is 92.4 Å². The molecule has 1 saturated carbocycles. The molecule has 14 heavy (non-hydrogen) atoms. The Balaban J connectivity index is 2.06. The van der Waals surface area contributed by atoms with Gasteiger partial charge in [-0.2, -0.15) is 11.8 Å². The van der Waals surface area contributed by atoms with E-state index in [0.29, 0.717) is 0 Å². The van der Waals surface area contributed by atoms with E-state index in [0.717, 1.165) is 24.3 Å². The summed E-state index contributed by atoms with van der Waals surface area (Å²) in [5.74, 6) is 7.28. The van der Waals surface area contributed by atoms with E-state index in [2.05, 4.69) is 35.8 Å². The van der Waals surface area contributed by atoms with E-state index in [4.69, 9.17) is 0 Å². The number of hydrogen-bond donors (Lipinski definition) is 1. The van der Waals surface area contributed by atoms with E-state index in [1.807, 2.05) is 6.92 Å². The first-order chi connectivity index (χ1) is 6.86. The van der Waals surface area contributed by atoms with Crippen LogP contribution >= 0.6 is 11.8 Å². The van der Waals surface area contributed by atoms with Gasteiger partial charge < -0.3 is 5.32 Å². The van der Waals surface area contributed by atoms with Gasteiger partial charge in [-0.05, 0) is 31.9 Å². The second kappa shape index (κ2) is 7.20. The Kier molecular flexibility index (Phi) is 6.14. The van der Waals surface area contributed by atoms with Crippen LogP contribution in [0.1, 0.15) is 39.5 Å². The van der Waals surface area contributed by atoms with Crippen molar-refractivity contribution < 1.29 is 0 Å². The molecule has 1 aliphatic rings. The molecule has 1 nitrogen and oxygen atoms in total. The normalized spacial score (nSPS) is 25.9. The summed E-state index contributed by atoms with van der Waals surface area (Å²) >= 11 is 2.12. The molecular weight excluding hydrogens is 190 g/mol. The van der Waals surface area contributed by atoms with Crippen molar-refractivity contribution in [2.75, 3.05) is 12.3 Å². The summed E-state index contributed by atoms with van der Waals surface area (Å²) in [5.41, 5.74) is 0. The van der Waals surface area contributed by atoms with Crippen molar-refractivity contribution in [3.8, 4) is 11.8 Å². The average molecular weight is 211 g/mol. The molecule has 2 atom stereocenters. The lowest BCUT2D eigenvalue weighted by Gasteiger charge is -2.11. The minimum Gasteiger partial charge on any atom is -0.313 e. The van der Waals surface area contributed by atoms with E-state index in [-0.39, 0.29) is 0 Å². The zero-order valence-electron chi connectivity index (χ0n) is 9.31. The van der Waals surface area contributed by atoms with Crippen molar-refractivity contribution in [3.05, 3.63) is 0 Å². The first-order valence-corrected chi connectivity index (χ1v) is 6.66. The minimum absolute atomic E-state index is 0.762. The van der Waals surface area contributed by atoms with E-state index >= 15 is 0 Å². The van der Waals surface area contributed by atoms with Gasteiger partial charge in [-0.25, -0.2) is 0 Å². The largest absolute Gasteiger partial charge is 0.313 e. The monoisotopic (exact) mass is 211 g/mol. The average Bonchev–Trinajstić information content (AvgIpc) is 2.61. The van der Waals surface area contributed by atoms with Gasteiger partial charge in [-0.1, -0.05) is 6.92 Å². The minimum atomic E-state index is 0.762. The molecule has 1 fully saturated rings. The van der Waals surface area contributed by atoms with Crippen LogP contribution < -0.4 is 5.32 Å². The fraction of sp³-hybridized carbons (Fsp3) is 0.833. The number of hydrogen-bond acceptors (Lipinski definition) is 2. The third-order valence-electron chi connectivity index (χ3n) is 2.65. The standard InChI is InChI=1S/C12H21NS/c1-3-5-6-9-13-11-7-8-12(10-11)14-4-2/h11-13H,4,6-10H2,1-2H3. The summed E-state index contributed by atoms with van der Waals surface area (Å²) in [6, 6.07) is 0.762. The van der Waals surface area contributed by atoms with Crippen molar-refractivity contribution in [2.24, 2.45) is 0 Å². The number of rotatable bonds is 5. The molecule has 0 amide bonds. The van der Waals surface area contributed by atoms with Crippen LogP contribution in [0.4, 0.5) is 0 Å². The van der Waals surface area contributed by atoms with E-state index in [1.165, 1.54) is 25.0 Å². The van der Waals surface area contributed by atoms with E-state index < -0.39 is 0 Å². The van der Waals surface area contributed by atoms with Crippen LogP contribution in [0, 0.1) is 11.8 Å². The SMILES string of the molecule is CC#CCCNC1CCC(SCC)C1. The highest BCUT2D eigenvalue weighted by Crippen LogP contribution is 2.29. The second-order valence-electron chi connectivity index (χ2n) is 3.72. The first kappa shape index (κ1) is 11.9. The van der Waals surface area contributed by atoms with Crippen molar-refractivity contribution in [3.63, 3.8) is 0 Å².